The molecule has 1 N–H and O–H groups in total. The van der Waals surface area contributed by atoms with Crippen molar-refractivity contribution < 1.29 is 4.79 Å². The number of allylic oxidation sites excluding steroid dienone is 2. The monoisotopic (exact) mass is 250 g/mol. The van der Waals surface area contributed by atoms with Crippen LogP contribution in [-0.2, 0) is 4.79 Å². The van der Waals surface area contributed by atoms with Crippen molar-refractivity contribution in [3.05, 3.63) is 28.2 Å². The highest BCUT2D eigenvalue weighted by Crippen LogP contribution is 2.20. The van der Waals surface area contributed by atoms with Gasteiger partial charge >= 0.3 is 0 Å². The second-order valence-electron chi connectivity index (χ2n) is 4.61. The van der Waals surface area contributed by atoms with Crippen LogP contribution in [0.15, 0.2) is 17.5 Å². The molecule has 0 saturated carbocycles. The average molecular weight is 250 g/mol. The van der Waals surface area contributed by atoms with Crippen LogP contribution >= 0.6 is 11.3 Å². The summed E-state index contributed by atoms with van der Waals surface area (Å²) in [5.41, 5.74) is 1.06. The third-order valence-electron chi connectivity index (χ3n) is 3.02. The predicted octanol–water partition coefficient (Wildman–Crippen LogP) is 2.64. The van der Waals surface area contributed by atoms with E-state index in [9.17, 15) is 4.79 Å². The Morgan fingerprint density at radius 2 is 2.29 bits per heavy atom. The van der Waals surface area contributed by atoms with Crippen molar-refractivity contribution in [3.8, 4) is 0 Å². The van der Waals surface area contributed by atoms with Gasteiger partial charge in [0.25, 0.3) is 0 Å². The second-order valence-corrected chi connectivity index (χ2v) is 5.50. The third kappa shape index (κ3) is 3.16. The quantitative estimate of drug-likeness (QED) is 0.835. The molecular weight excluding hydrogens is 232 g/mol. The van der Waals surface area contributed by atoms with Gasteiger partial charge in [-0.05, 0) is 19.8 Å². The minimum atomic E-state index is 0.153. The number of nitrogens with zero attached hydrogens (tertiary/aromatic N) is 1. The molecule has 0 spiro atoms. The Balaban J connectivity index is 1.79. The number of thiazole rings is 1. The highest BCUT2D eigenvalue weighted by Gasteiger charge is 2.19. The van der Waals surface area contributed by atoms with Crippen molar-refractivity contribution in [2.75, 3.05) is 6.54 Å². The average Bonchev–Trinajstić information content (AvgIpc) is 2.95. The van der Waals surface area contributed by atoms with Gasteiger partial charge in [-0.15, -0.1) is 11.3 Å². The summed E-state index contributed by atoms with van der Waals surface area (Å²) in [5, 5.41) is 6.17. The molecule has 17 heavy (non-hydrogen) atoms. The maximum Gasteiger partial charge on any atom is 0.223 e. The van der Waals surface area contributed by atoms with Crippen LogP contribution in [-0.4, -0.2) is 17.4 Å². The van der Waals surface area contributed by atoms with E-state index >= 15 is 0 Å². The van der Waals surface area contributed by atoms with Crippen molar-refractivity contribution in [2.45, 2.75) is 32.6 Å². The largest absolute Gasteiger partial charge is 0.355 e. The molecule has 1 amide bonds. The van der Waals surface area contributed by atoms with Gasteiger partial charge in [0.05, 0.1) is 5.01 Å². The van der Waals surface area contributed by atoms with E-state index in [1.807, 2.05) is 6.92 Å². The summed E-state index contributed by atoms with van der Waals surface area (Å²) in [6, 6.07) is 0. The van der Waals surface area contributed by atoms with E-state index in [-0.39, 0.29) is 11.8 Å². The van der Waals surface area contributed by atoms with Gasteiger partial charge in [0, 0.05) is 29.5 Å². The second kappa shape index (κ2) is 5.45. The molecule has 1 atom stereocenters. The van der Waals surface area contributed by atoms with E-state index in [0.29, 0.717) is 12.5 Å². The summed E-state index contributed by atoms with van der Waals surface area (Å²) in [4.78, 5) is 16.3. The van der Waals surface area contributed by atoms with Crippen LogP contribution in [0.2, 0.25) is 0 Å². The van der Waals surface area contributed by atoms with Crippen LogP contribution in [0.25, 0.3) is 0 Å². The van der Waals surface area contributed by atoms with Crippen molar-refractivity contribution in [1.29, 1.82) is 0 Å². The molecule has 0 radical (unpaired) electrons. The van der Waals surface area contributed by atoms with E-state index in [4.69, 9.17) is 0 Å². The molecule has 3 nitrogen and oxygen atoms in total. The molecule has 1 aliphatic carbocycles. The lowest BCUT2D eigenvalue weighted by atomic mass is 10.1. The fourth-order valence-corrected chi connectivity index (χ4v) is 2.77. The molecule has 4 heteroatoms. The Hall–Kier alpha value is -1.16. The minimum absolute atomic E-state index is 0.153. The van der Waals surface area contributed by atoms with Gasteiger partial charge in [0.2, 0.25) is 5.91 Å². The highest BCUT2D eigenvalue weighted by molar-refractivity contribution is 7.09. The fourth-order valence-electron chi connectivity index (χ4n) is 1.92. The van der Waals surface area contributed by atoms with Crippen LogP contribution < -0.4 is 5.32 Å². The lowest BCUT2D eigenvalue weighted by Crippen LogP contribution is -2.32. The van der Waals surface area contributed by atoms with Crippen LogP contribution in [0.1, 0.15) is 36.4 Å². The number of aromatic nitrogens is 1. The zero-order valence-electron chi connectivity index (χ0n) is 10.3. The van der Waals surface area contributed by atoms with Crippen LogP contribution in [0.3, 0.4) is 0 Å². The number of rotatable bonds is 4. The first-order valence-electron chi connectivity index (χ1n) is 6.01. The molecule has 0 fully saturated rings. The van der Waals surface area contributed by atoms with Crippen LogP contribution in [0.4, 0.5) is 0 Å². The molecule has 1 heterocycles. The first-order valence-corrected chi connectivity index (χ1v) is 6.89. The highest BCUT2D eigenvalue weighted by atomic mass is 32.1. The van der Waals surface area contributed by atoms with E-state index in [0.717, 1.165) is 23.5 Å². The van der Waals surface area contributed by atoms with Crippen LogP contribution in [0.5, 0.6) is 0 Å². The smallest absolute Gasteiger partial charge is 0.223 e. The zero-order chi connectivity index (χ0) is 12.3. The lowest BCUT2D eigenvalue weighted by Gasteiger charge is -2.13. The molecule has 1 aromatic heterocycles. The first-order chi connectivity index (χ1) is 8.16. The molecule has 0 bridgehead atoms. The zero-order valence-corrected chi connectivity index (χ0v) is 11.1. The van der Waals surface area contributed by atoms with Crippen molar-refractivity contribution in [1.82, 2.24) is 10.3 Å². The standard InChI is InChI=1S/C13H18N2OS/c1-9(13-15-10(2)8-17-13)7-14-12(16)11-5-3-4-6-11/h3-4,8-9,11H,5-7H2,1-2H3,(H,14,16)/t9-/m1/s1. The predicted molar refractivity (Wildman–Crippen MR) is 70.1 cm³/mol. The van der Waals surface area contributed by atoms with Gasteiger partial charge < -0.3 is 5.32 Å². The van der Waals surface area contributed by atoms with Crippen LogP contribution in [0, 0.1) is 12.8 Å². The third-order valence-corrected chi connectivity index (χ3v) is 4.21. The van der Waals surface area contributed by atoms with Crippen molar-refractivity contribution in [3.63, 3.8) is 0 Å². The molecule has 0 saturated heterocycles. The van der Waals surface area contributed by atoms with E-state index in [1.165, 1.54) is 0 Å². The SMILES string of the molecule is Cc1csc([C@H](C)CNC(=O)C2CC=CC2)n1. The normalized spacial score (nSPS) is 17.3. The molecule has 0 unspecified atom stereocenters. The summed E-state index contributed by atoms with van der Waals surface area (Å²) >= 11 is 1.67. The molecule has 2 rings (SSSR count). The topological polar surface area (TPSA) is 42.0 Å². The van der Waals surface area contributed by atoms with E-state index < -0.39 is 0 Å². The van der Waals surface area contributed by atoms with Gasteiger partial charge in [-0.3, -0.25) is 4.79 Å². The summed E-state index contributed by atoms with van der Waals surface area (Å²) in [6.07, 6.45) is 5.93. The van der Waals surface area contributed by atoms with Crippen molar-refractivity contribution >= 4 is 17.2 Å². The number of amides is 1. The Kier molecular flexibility index (Phi) is 3.94. The lowest BCUT2D eigenvalue weighted by molar-refractivity contribution is -0.124. The van der Waals surface area contributed by atoms with Crippen molar-refractivity contribution in [2.24, 2.45) is 5.92 Å². The number of nitrogens with one attached hydrogen (secondary N) is 1. The number of carbonyl (C=O) groups excluding carboxylic acids is 1. The summed E-state index contributed by atoms with van der Waals surface area (Å²) in [5.74, 6) is 0.627. The van der Waals surface area contributed by atoms with E-state index in [1.54, 1.807) is 11.3 Å². The first kappa shape index (κ1) is 12.3. The molecule has 0 aliphatic heterocycles. The Bertz CT molecular complexity index is 417. The fraction of sp³-hybridized carbons (Fsp3) is 0.538. The minimum Gasteiger partial charge on any atom is -0.355 e. The molecule has 1 aromatic rings. The number of hydrogen-bond donors (Lipinski definition) is 1. The summed E-state index contributed by atoms with van der Waals surface area (Å²) in [7, 11) is 0. The van der Waals surface area contributed by atoms with Gasteiger partial charge in [0.15, 0.2) is 0 Å². The Labute approximate surface area is 106 Å². The molecular formula is C13H18N2OS. The number of carbonyl (C=O) groups is 1. The molecule has 0 aromatic carbocycles. The van der Waals surface area contributed by atoms with E-state index in [2.05, 4.69) is 34.8 Å². The maximum atomic E-state index is 11.8. The number of hydrogen-bond acceptors (Lipinski definition) is 3. The molecule has 1 aliphatic rings. The maximum absolute atomic E-state index is 11.8. The Morgan fingerprint density at radius 3 is 2.88 bits per heavy atom. The Morgan fingerprint density at radius 1 is 1.59 bits per heavy atom. The summed E-state index contributed by atoms with van der Waals surface area (Å²) in [6.45, 7) is 4.78. The van der Waals surface area contributed by atoms with Gasteiger partial charge in [-0.1, -0.05) is 19.1 Å². The van der Waals surface area contributed by atoms with Gasteiger partial charge in [0.1, 0.15) is 0 Å². The van der Waals surface area contributed by atoms with Gasteiger partial charge in [-0.25, -0.2) is 4.98 Å². The number of aryl methyl sites for hydroxylation is 1. The summed E-state index contributed by atoms with van der Waals surface area (Å²) < 4.78 is 0. The molecule has 92 valence electrons. The van der Waals surface area contributed by atoms with Gasteiger partial charge in [-0.2, -0.15) is 0 Å².